The Hall–Kier alpha value is -2.09. The van der Waals surface area contributed by atoms with Crippen molar-refractivity contribution in [2.75, 3.05) is 5.32 Å². The molecule has 7 nitrogen and oxygen atoms in total. The number of halogens is 2. The van der Waals surface area contributed by atoms with E-state index in [4.69, 9.17) is 23.2 Å². The van der Waals surface area contributed by atoms with Crippen LogP contribution in [0.4, 0.5) is 5.82 Å². The first-order valence-electron chi connectivity index (χ1n) is 8.24. The minimum absolute atomic E-state index is 0.0496. The van der Waals surface area contributed by atoms with Gasteiger partial charge in [-0.3, -0.25) is 14.9 Å². The molecule has 2 atom stereocenters. The number of amides is 2. The Labute approximate surface area is 161 Å². The normalized spacial score (nSPS) is 19.9. The third-order valence-electron chi connectivity index (χ3n) is 4.08. The first kappa shape index (κ1) is 18.7. The summed E-state index contributed by atoms with van der Waals surface area (Å²) in [6.45, 7) is 3.82. The van der Waals surface area contributed by atoms with Gasteiger partial charge in [-0.2, -0.15) is 5.10 Å². The molecule has 0 saturated carbocycles. The number of hydrogen-bond donors (Lipinski definition) is 3. The number of nitrogens with one attached hydrogen (secondary N) is 3. The van der Waals surface area contributed by atoms with Gasteiger partial charge in [0.2, 0.25) is 5.91 Å². The number of aromatic nitrogens is 2. The maximum Gasteiger partial charge on any atom is 0.256 e. The van der Waals surface area contributed by atoms with E-state index >= 15 is 0 Å². The van der Waals surface area contributed by atoms with E-state index in [2.05, 4.69) is 21.0 Å². The van der Waals surface area contributed by atoms with E-state index in [9.17, 15) is 9.59 Å². The molecule has 0 aliphatic carbocycles. The number of nitrogens with zero attached hydrogens (tertiary/aromatic N) is 2. The van der Waals surface area contributed by atoms with Crippen LogP contribution in [0.1, 0.15) is 42.1 Å². The van der Waals surface area contributed by atoms with Crippen molar-refractivity contribution in [1.82, 2.24) is 20.4 Å². The van der Waals surface area contributed by atoms with Gasteiger partial charge in [0.25, 0.3) is 5.91 Å². The highest BCUT2D eigenvalue weighted by molar-refractivity contribution is 6.35. The van der Waals surface area contributed by atoms with Crippen LogP contribution < -0.4 is 16.0 Å². The summed E-state index contributed by atoms with van der Waals surface area (Å²) in [6.07, 6.45) is 0.691. The lowest BCUT2D eigenvalue weighted by Gasteiger charge is -2.31. The molecule has 0 spiro atoms. The Balaban J connectivity index is 1.85. The largest absolute Gasteiger partial charge is 0.322 e. The van der Waals surface area contributed by atoms with Crippen LogP contribution in [0.15, 0.2) is 24.3 Å². The molecule has 2 amide bonds. The molecule has 1 saturated heterocycles. The average molecular weight is 396 g/mol. The van der Waals surface area contributed by atoms with Crippen LogP contribution in [0.5, 0.6) is 0 Å². The van der Waals surface area contributed by atoms with Gasteiger partial charge in [-0.25, -0.2) is 4.68 Å². The van der Waals surface area contributed by atoms with Crippen molar-refractivity contribution in [3.63, 3.8) is 0 Å². The molecule has 3 rings (SSSR count). The summed E-state index contributed by atoms with van der Waals surface area (Å²) in [4.78, 5) is 24.5. The van der Waals surface area contributed by atoms with Crippen molar-refractivity contribution >= 4 is 40.8 Å². The van der Waals surface area contributed by atoms with Crippen LogP contribution >= 0.6 is 23.2 Å². The minimum atomic E-state index is -0.534. The fourth-order valence-electron chi connectivity index (χ4n) is 2.83. The summed E-state index contributed by atoms with van der Waals surface area (Å²) >= 11 is 11.9. The summed E-state index contributed by atoms with van der Waals surface area (Å²) in [7, 11) is 0. The maximum atomic E-state index is 12.6. The third kappa shape index (κ3) is 4.17. The van der Waals surface area contributed by atoms with Gasteiger partial charge >= 0.3 is 0 Å². The van der Waals surface area contributed by atoms with Gasteiger partial charge < -0.3 is 10.6 Å². The predicted octanol–water partition coefficient (Wildman–Crippen LogP) is 3.09. The van der Waals surface area contributed by atoms with Crippen LogP contribution in [0.2, 0.25) is 10.0 Å². The standard InChI is InChI=1S/C17H19Cl2N5O2/c1-3-13-8-15(25)22-17(20-13)24-14(4-9(2)23-24)21-16(26)10-5-11(18)7-12(19)6-10/h4-7,13,17,20H,3,8H2,1-2H3,(H,21,26)(H,22,25). The second-order valence-electron chi connectivity index (χ2n) is 6.17. The Morgan fingerprint density at radius 2 is 2.00 bits per heavy atom. The van der Waals surface area contributed by atoms with Gasteiger partial charge in [-0.1, -0.05) is 30.1 Å². The number of hydrogen-bond acceptors (Lipinski definition) is 4. The highest BCUT2D eigenvalue weighted by atomic mass is 35.5. The fourth-order valence-corrected chi connectivity index (χ4v) is 3.36. The van der Waals surface area contributed by atoms with Gasteiger partial charge in [0.1, 0.15) is 5.82 Å². The molecule has 0 bridgehead atoms. The van der Waals surface area contributed by atoms with Crippen LogP contribution in [0.25, 0.3) is 0 Å². The lowest BCUT2D eigenvalue weighted by atomic mass is 10.1. The SMILES string of the molecule is CCC1CC(=O)NC(n2nc(C)cc2NC(=O)c2cc(Cl)cc(Cl)c2)N1. The van der Waals surface area contributed by atoms with E-state index < -0.39 is 6.29 Å². The molecule has 1 aromatic heterocycles. The van der Waals surface area contributed by atoms with E-state index in [1.54, 1.807) is 16.8 Å². The zero-order valence-electron chi connectivity index (χ0n) is 14.3. The molecule has 1 aromatic carbocycles. The van der Waals surface area contributed by atoms with Gasteiger partial charge in [-0.05, 0) is 31.5 Å². The number of carbonyl (C=O) groups is 2. The van der Waals surface area contributed by atoms with Gasteiger partial charge in [0.15, 0.2) is 6.29 Å². The molecule has 1 aliphatic heterocycles. The van der Waals surface area contributed by atoms with Crippen molar-refractivity contribution in [3.8, 4) is 0 Å². The van der Waals surface area contributed by atoms with Crippen molar-refractivity contribution in [1.29, 1.82) is 0 Å². The lowest BCUT2D eigenvalue weighted by molar-refractivity contribution is -0.125. The topological polar surface area (TPSA) is 88.1 Å². The van der Waals surface area contributed by atoms with Crippen molar-refractivity contribution in [2.24, 2.45) is 0 Å². The molecule has 26 heavy (non-hydrogen) atoms. The number of anilines is 1. The summed E-state index contributed by atoms with van der Waals surface area (Å²) in [5.41, 5.74) is 1.04. The van der Waals surface area contributed by atoms with E-state index in [1.807, 2.05) is 13.8 Å². The zero-order valence-corrected chi connectivity index (χ0v) is 15.9. The fraction of sp³-hybridized carbons (Fsp3) is 0.353. The molecule has 2 heterocycles. The van der Waals surface area contributed by atoms with Gasteiger partial charge in [0, 0.05) is 34.1 Å². The lowest BCUT2D eigenvalue weighted by Crippen LogP contribution is -2.53. The first-order valence-corrected chi connectivity index (χ1v) is 9.00. The zero-order chi connectivity index (χ0) is 18.8. The quantitative estimate of drug-likeness (QED) is 0.741. The molecule has 2 aromatic rings. The smallest absolute Gasteiger partial charge is 0.256 e. The van der Waals surface area contributed by atoms with E-state index in [0.717, 1.165) is 6.42 Å². The van der Waals surface area contributed by atoms with Crippen LogP contribution in [-0.4, -0.2) is 27.6 Å². The van der Waals surface area contributed by atoms with Gasteiger partial charge in [-0.15, -0.1) is 0 Å². The molecule has 3 N–H and O–H groups in total. The summed E-state index contributed by atoms with van der Waals surface area (Å²) in [5.74, 6) is 0.0236. The van der Waals surface area contributed by atoms with E-state index in [1.165, 1.54) is 12.1 Å². The summed E-state index contributed by atoms with van der Waals surface area (Å²) < 4.78 is 1.55. The molecule has 2 unspecified atom stereocenters. The highest BCUT2D eigenvalue weighted by Crippen LogP contribution is 2.22. The first-order chi connectivity index (χ1) is 12.4. The number of carbonyl (C=O) groups excluding carboxylic acids is 2. The van der Waals surface area contributed by atoms with E-state index in [0.29, 0.717) is 33.5 Å². The third-order valence-corrected chi connectivity index (χ3v) is 4.52. The second kappa shape index (κ2) is 7.65. The number of aryl methyl sites for hydroxylation is 1. The molecular formula is C17H19Cl2N5O2. The minimum Gasteiger partial charge on any atom is -0.322 e. The molecule has 1 aliphatic rings. The number of rotatable bonds is 4. The predicted molar refractivity (Wildman–Crippen MR) is 100 cm³/mol. The summed E-state index contributed by atoms with van der Waals surface area (Å²) in [6, 6.07) is 6.40. The Morgan fingerprint density at radius 1 is 1.31 bits per heavy atom. The highest BCUT2D eigenvalue weighted by Gasteiger charge is 2.28. The van der Waals surface area contributed by atoms with Crippen LogP contribution in [0, 0.1) is 6.92 Å². The Kier molecular flexibility index (Phi) is 5.50. The molecular weight excluding hydrogens is 377 g/mol. The monoisotopic (exact) mass is 395 g/mol. The Morgan fingerprint density at radius 3 is 2.65 bits per heavy atom. The van der Waals surface area contributed by atoms with Crippen molar-refractivity contribution < 1.29 is 9.59 Å². The molecule has 9 heteroatoms. The van der Waals surface area contributed by atoms with Gasteiger partial charge in [0.05, 0.1) is 5.69 Å². The average Bonchev–Trinajstić information content (AvgIpc) is 2.93. The molecule has 138 valence electrons. The van der Waals surface area contributed by atoms with Crippen molar-refractivity contribution in [2.45, 2.75) is 39.0 Å². The van der Waals surface area contributed by atoms with Crippen LogP contribution in [0.3, 0.4) is 0 Å². The maximum absolute atomic E-state index is 12.6. The summed E-state index contributed by atoms with van der Waals surface area (Å²) in [5, 5.41) is 14.1. The number of benzene rings is 1. The van der Waals surface area contributed by atoms with Crippen LogP contribution in [-0.2, 0) is 4.79 Å². The Bertz CT molecular complexity index is 831. The molecule has 1 fully saturated rings. The molecule has 0 radical (unpaired) electrons. The second-order valence-corrected chi connectivity index (χ2v) is 7.05. The van der Waals surface area contributed by atoms with E-state index in [-0.39, 0.29) is 17.9 Å². The van der Waals surface area contributed by atoms with Crippen molar-refractivity contribution in [3.05, 3.63) is 45.6 Å².